The third kappa shape index (κ3) is 5.52. The highest BCUT2D eigenvalue weighted by Gasteiger charge is 2.28. The second kappa shape index (κ2) is 6.98. The number of hydrogen-bond donors (Lipinski definition) is 1. The quantitative estimate of drug-likeness (QED) is 0.661. The molecule has 0 bridgehead atoms. The van der Waals surface area contributed by atoms with E-state index in [2.05, 4.69) is 11.4 Å². The standard InChI is InChI=1S/C14H26N2O/c1-14(2,11-15)6-4-5-7-17-13-8-12(9-13)10-16-3/h12-13,16H,4-10H2,1-3H3. The van der Waals surface area contributed by atoms with Crippen molar-refractivity contribution in [3.8, 4) is 6.07 Å². The van der Waals surface area contributed by atoms with Gasteiger partial charge in [0, 0.05) is 6.61 Å². The van der Waals surface area contributed by atoms with Crippen molar-refractivity contribution in [3.63, 3.8) is 0 Å². The van der Waals surface area contributed by atoms with Crippen LogP contribution in [-0.2, 0) is 4.74 Å². The van der Waals surface area contributed by atoms with Gasteiger partial charge in [-0.05, 0) is 65.5 Å². The summed E-state index contributed by atoms with van der Waals surface area (Å²) in [6.07, 6.45) is 6.07. The first-order valence-electron chi connectivity index (χ1n) is 6.75. The van der Waals surface area contributed by atoms with Gasteiger partial charge in [0.05, 0.1) is 17.6 Å². The van der Waals surface area contributed by atoms with Crippen molar-refractivity contribution in [1.29, 1.82) is 5.26 Å². The summed E-state index contributed by atoms with van der Waals surface area (Å²) in [5.74, 6) is 0.822. The first-order chi connectivity index (χ1) is 8.07. The summed E-state index contributed by atoms with van der Waals surface area (Å²) in [7, 11) is 2.01. The van der Waals surface area contributed by atoms with Crippen LogP contribution < -0.4 is 5.32 Å². The van der Waals surface area contributed by atoms with Gasteiger partial charge in [0.1, 0.15) is 0 Å². The number of ether oxygens (including phenoxy) is 1. The second-order valence-corrected chi connectivity index (χ2v) is 5.84. The molecule has 1 aliphatic rings. The number of nitriles is 1. The molecule has 1 N–H and O–H groups in total. The summed E-state index contributed by atoms with van der Waals surface area (Å²) in [4.78, 5) is 0. The molecule has 1 saturated carbocycles. The lowest BCUT2D eigenvalue weighted by Gasteiger charge is -2.35. The maximum Gasteiger partial charge on any atom is 0.0683 e. The van der Waals surface area contributed by atoms with Gasteiger partial charge in [0.15, 0.2) is 0 Å². The summed E-state index contributed by atoms with van der Waals surface area (Å²) in [5.41, 5.74) is -0.172. The van der Waals surface area contributed by atoms with E-state index in [1.54, 1.807) is 0 Å². The highest BCUT2D eigenvalue weighted by molar-refractivity contribution is 4.91. The van der Waals surface area contributed by atoms with Crippen LogP contribution in [0.5, 0.6) is 0 Å². The van der Waals surface area contributed by atoms with Gasteiger partial charge >= 0.3 is 0 Å². The molecule has 98 valence electrons. The lowest BCUT2D eigenvalue weighted by Crippen LogP contribution is -2.37. The Hall–Kier alpha value is -0.590. The van der Waals surface area contributed by atoms with Crippen LogP contribution in [0, 0.1) is 22.7 Å². The molecule has 0 aromatic rings. The van der Waals surface area contributed by atoms with Crippen molar-refractivity contribution in [1.82, 2.24) is 5.32 Å². The second-order valence-electron chi connectivity index (χ2n) is 5.84. The van der Waals surface area contributed by atoms with Crippen LogP contribution in [0.2, 0.25) is 0 Å². The van der Waals surface area contributed by atoms with Gasteiger partial charge in [0.2, 0.25) is 0 Å². The largest absolute Gasteiger partial charge is 0.378 e. The van der Waals surface area contributed by atoms with E-state index in [9.17, 15) is 0 Å². The summed E-state index contributed by atoms with van der Waals surface area (Å²) < 4.78 is 5.79. The molecule has 0 heterocycles. The SMILES string of the molecule is CNCC1CC(OCCCCC(C)(C)C#N)C1. The molecule has 0 atom stereocenters. The Bertz CT molecular complexity index is 251. The van der Waals surface area contributed by atoms with Crippen molar-refractivity contribution in [3.05, 3.63) is 0 Å². The Morgan fingerprint density at radius 2 is 2.06 bits per heavy atom. The van der Waals surface area contributed by atoms with Crippen LogP contribution >= 0.6 is 0 Å². The Morgan fingerprint density at radius 3 is 2.65 bits per heavy atom. The van der Waals surface area contributed by atoms with E-state index in [-0.39, 0.29) is 5.41 Å². The Balaban J connectivity index is 1.91. The van der Waals surface area contributed by atoms with Crippen LogP contribution in [-0.4, -0.2) is 26.3 Å². The first kappa shape index (κ1) is 14.5. The molecular weight excluding hydrogens is 212 g/mol. The first-order valence-corrected chi connectivity index (χ1v) is 6.75. The number of rotatable bonds is 8. The molecule has 1 rings (SSSR count). The minimum absolute atomic E-state index is 0.172. The van der Waals surface area contributed by atoms with E-state index in [1.165, 1.54) is 12.8 Å². The summed E-state index contributed by atoms with van der Waals surface area (Å²) in [6.45, 7) is 5.99. The molecule has 0 radical (unpaired) electrons. The van der Waals surface area contributed by atoms with Crippen LogP contribution in [0.1, 0.15) is 46.0 Å². The molecule has 17 heavy (non-hydrogen) atoms. The maximum absolute atomic E-state index is 8.88. The number of nitrogens with one attached hydrogen (secondary N) is 1. The van der Waals surface area contributed by atoms with Crippen LogP contribution in [0.15, 0.2) is 0 Å². The maximum atomic E-state index is 8.88. The average Bonchev–Trinajstić information content (AvgIpc) is 2.24. The predicted molar refractivity (Wildman–Crippen MR) is 69.6 cm³/mol. The van der Waals surface area contributed by atoms with Crippen molar-refractivity contribution in [2.24, 2.45) is 11.3 Å². The van der Waals surface area contributed by atoms with Gasteiger partial charge in [-0.15, -0.1) is 0 Å². The molecule has 0 aromatic heterocycles. The van der Waals surface area contributed by atoms with Gasteiger partial charge in [-0.1, -0.05) is 0 Å². The molecule has 0 saturated heterocycles. The van der Waals surface area contributed by atoms with Crippen molar-refractivity contribution < 1.29 is 4.74 Å². The van der Waals surface area contributed by atoms with Gasteiger partial charge in [-0.2, -0.15) is 5.26 Å². The summed E-state index contributed by atoms with van der Waals surface area (Å²) in [6, 6.07) is 2.34. The highest BCUT2D eigenvalue weighted by Crippen LogP contribution is 2.29. The topological polar surface area (TPSA) is 45.0 Å². The van der Waals surface area contributed by atoms with Gasteiger partial charge < -0.3 is 10.1 Å². The predicted octanol–water partition coefficient (Wildman–Crippen LogP) is 2.72. The van der Waals surface area contributed by atoms with Crippen LogP contribution in [0.3, 0.4) is 0 Å². The van der Waals surface area contributed by atoms with E-state index in [4.69, 9.17) is 10.00 Å². The van der Waals surface area contributed by atoms with Gasteiger partial charge in [-0.3, -0.25) is 0 Å². The van der Waals surface area contributed by atoms with Crippen LogP contribution in [0.25, 0.3) is 0 Å². The van der Waals surface area contributed by atoms with E-state index in [1.807, 2.05) is 20.9 Å². The molecule has 1 aliphatic carbocycles. The fraction of sp³-hybridized carbons (Fsp3) is 0.929. The molecule has 1 fully saturated rings. The number of nitrogens with zero attached hydrogens (tertiary/aromatic N) is 1. The molecule has 0 spiro atoms. The molecule has 0 aromatic carbocycles. The van der Waals surface area contributed by atoms with Gasteiger partial charge in [-0.25, -0.2) is 0 Å². The lowest BCUT2D eigenvalue weighted by atomic mass is 9.82. The normalized spacial score (nSPS) is 24.1. The Labute approximate surface area is 106 Å². The monoisotopic (exact) mass is 238 g/mol. The smallest absolute Gasteiger partial charge is 0.0683 e. The van der Waals surface area contributed by atoms with E-state index >= 15 is 0 Å². The summed E-state index contributed by atoms with van der Waals surface area (Å²) in [5, 5.41) is 12.1. The van der Waals surface area contributed by atoms with E-state index in [0.717, 1.165) is 38.3 Å². The number of hydrogen-bond acceptors (Lipinski definition) is 3. The minimum Gasteiger partial charge on any atom is -0.378 e. The van der Waals surface area contributed by atoms with E-state index in [0.29, 0.717) is 6.10 Å². The minimum atomic E-state index is -0.172. The molecule has 3 heteroatoms. The van der Waals surface area contributed by atoms with Crippen molar-refractivity contribution in [2.45, 2.75) is 52.1 Å². The zero-order chi connectivity index (χ0) is 12.7. The fourth-order valence-corrected chi connectivity index (χ4v) is 2.24. The van der Waals surface area contributed by atoms with Gasteiger partial charge in [0.25, 0.3) is 0 Å². The lowest BCUT2D eigenvalue weighted by molar-refractivity contribution is -0.0310. The third-order valence-electron chi connectivity index (χ3n) is 3.54. The molecule has 3 nitrogen and oxygen atoms in total. The molecule has 0 aliphatic heterocycles. The molecular formula is C14H26N2O. The van der Waals surface area contributed by atoms with Crippen molar-refractivity contribution in [2.75, 3.05) is 20.2 Å². The summed E-state index contributed by atoms with van der Waals surface area (Å²) >= 11 is 0. The fourth-order valence-electron chi connectivity index (χ4n) is 2.24. The molecule has 0 unspecified atom stereocenters. The van der Waals surface area contributed by atoms with Crippen molar-refractivity contribution >= 4 is 0 Å². The van der Waals surface area contributed by atoms with E-state index < -0.39 is 0 Å². The zero-order valence-corrected chi connectivity index (χ0v) is 11.5. The Kier molecular flexibility index (Phi) is 5.94. The zero-order valence-electron chi connectivity index (χ0n) is 11.5. The Morgan fingerprint density at radius 1 is 1.35 bits per heavy atom. The highest BCUT2D eigenvalue weighted by atomic mass is 16.5. The average molecular weight is 238 g/mol. The molecule has 0 amide bonds. The third-order valence-corrected chi connectivity index (χ3v) is 3.54. The van der Waals surface area contributed by atoms with Crippen LogP contribution in [0.4, 0.5) is 0 Å². The number of unbranched alkanes of at least 4 members (excludes halogenated alkanes) is 1.